The Morgan fingerprint density at radius 1 is 0.826 bits per heavy atom. The van der Waals surface area contributed by atoms with Crippen molar-refractivity contribution in [2.24, 2.45) is 0 Å². The molecule has 0 bridgehead atoms. The van der Waals surface area contributed by atoms with E-state index in [9.17, 15) is 18.0 Å². The minimum atomic E-state index is -4.21. The molecule has 0 heterocycles. The Kier molecular flexibility index (Phi) is 11.7. The highest BCUT2D eigenvalue weighted by Gasteiger charge is 2.35. The molecular weight excluding hydrogens is 618 g/mol. The first-order chi connectivity index (χ1) is 21.9. The molecule has 7 nitrogen and oxygen atoms in total. The molecule has 0 aliphatic rings. The van der Waals surface area contributed by atoms with Crippen LogP contribution in [0.5, 0.6) is 0 Å². The van der Waals surface area contributed by atoms with E-state index in [0.717, 1.165) is 38.5 Å². The lowest BCUT2D eigenvalue weighted by atomic mass is 10.0. The number of sulfonamides is 1. The van der Waals surface area contributed by atoms with E-state index < -0.39 is 28.5 Å². The van der Waals surface area contributed by atoms with E-state index in [1.54, 1.807) is 12.1 Å². The summed E-state index contributed by atoms with van der Waals surface area (Å²) < 4.78 is 29.6. The van der Waals surface area contributed by atoms with Crippen LogP contribution in [0.3, 0.4) is 0 Å². The third-order valence-electron chi connectivity index (χ3n) is 8.33. The summed E-state index contributed by atoms with van der Waals surface area (Å²) in [6.45, 7) is 9.31. The smallest absolute Gasteiger partial charge is 0.264 e. The van der Waals surface area contributed by atoms with Crippen LogP contribution in [0.15, 0.2) is 102 Å². The summed E-state index contributed by atoms with van der Waals surface area (Å²) in [6, 6.07) is 27.4. The van der Waals surface area contributed by atoms with Crippen molar-refractivity contribution in [3.63, 3.8) is 0 Å². The Hall–Kier alpha value is -4.14. The molecule has 4 rings (SSSR count). The second-order valence-corrected chi connectivity index (χ2v) is 14.0. The molecule has 4 aromatic carbocycles. The molecule has 46 heavy (non-hydrogen) atoms. The van der Waals surface area contributed by atoms with Crippen molar-refractivity contribution in [2.75, 3.05) is 10.8 Å². The molecule has 2 atom stereocenters. The van der Waals surface area contributed by atoms with Gasteiger partial charge in [0.25, 0.3) is 10.0 Å². The number of amides is 2. The normalized spacial score (nSPS) is 12.7. The summed E-state index contributed by atoms with van der Waals surface area (Å²) in [5, 5.41) is 3.47. The van der Waals surface area contributed by atoms with Gasteiger partial charge in [-0.05, 0) is 98.3 Å². The predicted octanol–water partition coefficient (Wildman–Crippen LogP) is 7.02. The highest BCUT2D eigenvalue weighted by Crippen LogP contribution is 2.28. The number of rotatable bonds is 13. The standard InChI is InChI=1S/C37H42ClN3O4S/c1-6-29(5)39-37(43)35(23-30-13-8-7-9-14-30)40(24-31-15-11-10-12-27(31)3)36(42)25-41(33-19-16-26(2)28(4)22-33)46(44,45)34-20-17-32(38)18-21-34/h7-22,29,35H,6,23-25H2,1-5H3,(H,39,43). The monoisotopic (exact) mass is 659 g/mol. The zero-order chi connectivity index (χ0) is 33.4. The first-order valence-corrected chi connectivity index (χ1v) is 17.3. The van der Waals surface area contributed by atoms with Gasteiger partial charge in [-0.15, -0.1) is 0 Å². The van der Waals surface area contributed by atoms with Gasteiger partial charge in [0.2, 0.25) is 11.8 Å². The number of hydrogen-bond donors (Lipinski definition) is 1. The molecule has 1 N–H and O–H groups in total. The van der Waals surface area contributed by atoms with E-state index >= 15 is 0 Å². The molecule has 0 aromatic heterocycles. The summed E-state index contributed by atoms with van der Waals surface area (Å²) >= 11 is 6.08. The van der Waals surface area contributed by atoms with Crippen molar-refractivity contribution in [2.45, 2.75) is 71.0 Å². The van der Waals surface area contributed by atoms with Gasteiger partial charge in [-0.3, -0.25) is 13.9 Å². The second-order valence-electron chi connectivity index (χ2n) is 11.7. The number of benzene rings is 4. The number of nitrogens with zero attached hydrogens (tertiary/aromatic N) is 2. The van der Waals surface area contributed by atoms with Crippen molar-refractivity contribution < 1.29 is 18.0 Å². The molecule has 0 saturated heterocycles. The van der Waals surface area contributed by atoms with Crippen LogP contribution in [-0.4, -0.2) is 43.8 Å². The third-order valence-corrected chi connectivity index (χ3v) is 10.4. The summed E-state index contributed by atoms with van der Waals surface area (Å²) in [6.07, 6.45) is 0.976. The topological polar surface area (TPSA) is 86.8 Å². The van der Waals surface area contributed by atoms with Gasteiger partial charge in [0.15, 0.2) is 0 Å². The van der Waals surface area contributed by atoms with Crippen molar-refractivity contribution in [1.82, 2.24) is 10.2 Å². The zero-order valence-corrected chi connectivity index (χ0v) is 28.6. The lowest BCUT2D eigenvalue weighted by Crippen LogP contribution is -2.54. The fraction of sp³-hybridized carbons (Fsp3) is 0.297. The zero-order valence-electron chi connectivity index (χ0n) is 27.0. The first kappa shape index (κ1) is 34.7. The largest absolute Gasteiger partial charge is 0.352 e. The maximum atomic E-state index is 14.6. The van der Waals surface area contributed by atoms with Crippen molar-refractivity contribution in [1.29, 1.82) is 0 Å². The summed E-state index contributed by atoms with van der Waals surface area (Å²) in [5.74, 6) is -0.794. The van der Waals surface area contributed by atoms with Crippen molar-refractivity contribution in [3.05, 3.63) is 130 Å². The molecule has 9 heteroatoms. The minimum absolute atomic E-state index is 0.00345. The Balaban J connectivity index is 1.83. The molecule has 0 fully saturated rings. The summed E-state index contributed by atoms with van der Waals surface area (Å²) in [5.41, 5.74) is 4.93. The lowest BCUT2D eigenvalue weighted by Gasteiger charge is -2.34. The van der Waals surface area contributed by atoms with Gasteiger partial charge in [-0.25, -0.2) is 8.42 Å². The van der Waals surface area contributed by atoms with Gasteiger partial charge in [0, 0.05) is 24.0 Å². The highest BCUT2D eigenvalue weighted by molar-refractivity contribution is 7.92. The Morgan fingerprint density at radius 2 is 1.48 bits per heavy atom. The van der Waals surface area contributed by atoms with Crippen LogP contribution >= 0.6 is 11.6 Å². The number of hydrogen-bond acceptors (Lipinski definition) is 4. The van der Waals surface area contributed by atoms with E-state index in [-0.39, 0.29) is 29.8 Å². The molecule has 0 aliphatic heterocycles. The van der Waals surface area contributed by atoms with Crippen LogP contribution in [0.2, 0.25) is 5.02 Å². The molecule has 0 aliphatic carbocycles. The van der Waals surface area contributed by atoms with E-state index in [1.807, 2.05) is 95.3 Å². The molecule has 0 spiro atoms. The van der Waals surface area contributed by atoms with Gasteiger partial charge in [-0.2, -0.15) is 0 Å². The number of nitrogens with one attached hydrogen (secondary N) is 1. The van der Waals surface area contributed by atoms with Crippen LogP contribution in [0, 0.1) is 20.8 Å². The van der Waals surface area contributed by atoms with Gasteiger partial charge < -0.3 is 10.2 Å². The number of anilines is 1. The fourth-order valence-electron chi connectivity index (χ4n) is 5.11. The van der Waals surface area contributed by atoms with Crippen LogP contribution in [0.1, 0.15) is 48.1 Å². The second kappa shape index (κ2) is 15.4. The molecule has 0 radical (unpaired) electrons. The number of carbonyl (C=O) groups excluding carboxylic acids is 2. The molecule has 242 valence electrons. The van der Waals surface area contributed by atoms with Gasteiger partial charge in [0.05, 0.1) is 10.6 Å². The lowest BCUT2D eigenvalue weighted by molar-refractivity contribution is -0.140. The average Bonchev–Trinajstić information content (AvgIpc) is 3.04. The summed E-state index contributed by atoms with van der Waals surface area (Å²) in [4.78, 5) is 30.1. The Bertz CT molecular complexity index is 1760. The van der Waals surface area contributed by atoms with Gasteiger partial charge in [-0.1, -0.05) is 79.2 Å². The third kappa shape index (κ3) is 8.56. The van der Waals surface area contributed by atoms with Gasteiger partial charge >= 0.3 is 0 Å². The van der Waals surface area contributed by atoms with Crippen molar-refractivity contribution in [3.8, 4) is 0 Å². The molecule has 2 unspecified atom stereocenters. The fourth-order valence-corrected chi connectivity index (χ4v) is 6.64. The Labute approximate surface area is 278 Å². The SMILES string of the molecule is CCC(C)NC(=O)C(Cc1ccccc1)N(Cc1ccccc1C)C(=O)CN(c1ccc(C)c(C)c1)S(=O)(=O)c1ccc(Cl)cc1. The number of halogens is 1. The predicted molar refractivity (Wildman–Crippen MR) is 185 cm³/mol. The van der Waals surface area contributed by atoms with E-state index in [0.29, 0.717) is 10.7 Å². The minimum Gasteiger partial charge on any atom is -0.352 e. The van der Waals surface area contributed by atoms with Crippen LogP contribution < -0.4 is 9.62 Å². The van der Waals surface area contributed by atoms with Gasteiger partial charge in [0.1, 0.15) is 12.6 Å². The molecule has 2 amide bonds. The van der Waals surface area contributed by atoms with Crippen molar-refractivity contribution >= 4 is 39.1 Å². The van der Waals surface area contributed by atoms with E-state index in [4.69, 9.17) is 11.6 Å². The first-order valence-electron chi connectivity index (χ1n) is 15.4. The van der Waals surface area contributed by atoms with E-state index in [2.05, 4.69) is 5.32 Å². The van der Waals surface area contributed by atoms with E-state index in [1.165, 1.54) is 29.2 Å². The maximum Gasteiger partial charge on any atom is 0.264 e. The Morgan fingerprint density at radius 3 is 2.11 bits per heavy atom. The molecular formula is C37H42ClN3O4S. The van der Waals surface area contributed by atoms with Crippen LogP contribution in [0.4, 0.5) is 5.69 Å². The number of carbonyl (C=O) groups is 2. The quantitative estimate of drug-likeness (QED) is 0.167. The maximum absolute atomic E-state index is 14.6. The highest BCUT2D eigenvalue weighted by atomic mass is 35.5. The molecule has 4 aromatic rings. The van der Waals surface area contributed by atoms with Crippen LogP contribution in [0.25, 0.3) is 0 Å². The number of aryl methyl sites for hydroxylation is 3. The van der Waals surface area contributed by atoms with Crippen LogP contribution in [-0.2, 0) is 32.6 Å². The molecule has 0 saturated carbocycles. The average molecular weight is 660 g/mol. The summed E-state index contributed by atoms with van der Waals surface area (Å²) in [7, 11) is -4.21.